The van der Waals surface area contributed by atoms with E-state index >= 15 is 0 Å². The van der Waals surface area contributed by atoms with Gasteiger partial charge >= 0.3 is 0 Å². The van der Waals surface area contributed by atoms with Gasteiger partial charge in [0.15, 0.2) is 0 Å². The van der Waals surface area contributed by atoms with E-state index in [0.717, 1.165) is 16.5 Å². The first-order chi connectivity index (χ1) is 11.6. The average molecular weight is 324 g/mol. The van der Waals surface area contributed by atoms with Gasteiger partial charge in [0.05, 0.1) is 13.2 Å². The summed E-state index contributed by atoms with van der Waals surface area (Å²) in [6.07, 6.45) is 1.13. The molecule has 1 amide bonds. The molecule has 3 rings (SSSR count). The third-order valence-corrected chi connectivity index (χ3v) is 4.09. The van der Waals surface area contributed by atoms with E-state index in [1.165, 1.54) is 0 Å². The number of rotatable bonds is 5. The number of amides is 1. The fraction of sp³-hybridized carbons (Fsp3) is 0.211. The van der Waals surface area contributed by atoms with Crippen molar-refractivity contribution in [3.05, 3.63) is 65.9 Å². The Hall–Kier alpha value is -2.79. The van der Waals surface area contributed by atoms with Crippen LogP contribution in [0.15, 0.2) is 54.7 Å². The molecule has 1 aromatic heterocycles. The Kier molecular flexibility index (Phi) is 4.53. The summed E-state index contributed by atoms with van der Waals surface area (Å²) in [6, 6.07) is 14.7. The number of aromatic nitrogens is 1. The zero-order chi connectivity index (χ0) is 17.1. The van der Waals surface area contributed by atoms with Gasteiger partial charge in [-0.3, -0.25) is 4.79 Å². The normalized spacial score (nSPS) is 12.1. The van der Waals surface area contributed by atoms with E-state index in [-0.39, 0.29) is 12.5 Å². The molecule has 1 heterocycles. The number of aryl methyl sites for hydroxylation is 1. The predicted octanol–water partition coefficient (Wildman–Crippen LogP) is 2.65. The van der Waals surface area contributed by atoms with Gasteiger partial charge in [0.25, 0.3) is 5.91 Å². The summed E-state index contributed by atoms with van der Waals surface area (Å²) in [5.41, 5.74) is 2.39. The molecule has 0 radical (unpaired) electrons. The fourth-order valence-electron chi connectivity index (χ4n) is 2.78. The van der Waals surface area contributed by atoms with Crippen molar-refractivity contribution in [3.8, 4) is 5.75 Å². The molecule has 0 spiro atoms. The molecule has 0 aliphatic rings. The van der Waals surface area contributed by atoms with Gasteiger partial charge in [-0.15, -0.1) is 0 Å². The maximum atomic E-state index is 12.2. The van der Waals surface area contributed by atoms with Crippen molar-refractivity contribution in [3.63, 3.8) is 0 Å². The maximum Gasteiger partial charge on any atom is 0.251 e. The molecule has 5 heteroatoms. The lowest BCUT2D eigenvalue weighted by Crippen LogP contribution is -2.28. The van der Waals surface area contributed by atoms with Crippen LogP contribution in [-0.4, -0.2) is 29.2 Å². The maximum absolute atomic E-state index is 12.2. The molecule has 0 fully saturated rings. The van der Waals surface area contributed by atoms with E-state index in [1.54, 1.807) is 31.4 Å². The first-order valence-electron chi connectivity index (χ1n) is 7.74. The van der Waals surface area contributed by atoms with Crippen molar-refractivity contribution in [2.24, 2.45) is 7.05 Å². The number of fused-ring (bicyclic) bond motifs is 1. The molecule has 2 aromatic carbocycles. The highest BCUT2D eigenvalue weighted by Gasteiger charge is 2.16. The molecule has 0 saturated carbocycles. The lowest BCUT2D eigenvalue weighted by molar-refractivity contribution is 0.0917. The van der Waals surface area contributed by atoms with Gasteiger partial charge in [0, 0.05) is 41.8 Å². The minimum atomic E-state index is -0.765. The van der Waals surface area contributed by atoms with Gasteiger partial charge < -0.3 is 19.7 Å². The van der Waals surface area contributed by atoms with Crippen molar-refractivity contribution >= 4 is 16.8 Å². The van der Waals surface area contributed by atoms with E-state index in [1.807, 2.05) is 42.1 Å². The number of benzene rings is 2. The van der Waals surface area contributed by atoms with Crippen LogP contribution in [-0.2, 0) is 7.05 Å². The minimum absolute atomic E-state index is 0.152. The van der Waals surface area contributed by atoms with Crippen LogP contribution in [0.25, 0.3) is 10.9 Å². The summed E-state index contributed by atoms with van der Waals surface area (Å²) in [5.74, 6) is 0.472. The summed E-state index contributed by atoms with van der Waals surface area (Å²) >= 11 is 0. The molecular weight excluding hydrogens is 304 g/mol. The Morgan fingerprint density at radius 1 is 1.21 bits per heavy atom. The van der Waals surface area contributed by atoms with Crippen LogP contribution in [0.1, 0.15) is 22.0 Å². The summed E-state index contributed by atoms with van der Waals surface area (Å²) in [7, 11) is 3.52. The molecule has 0 aliphatic carbocycles. The zero-order valence-electron chi connectivity index (χ0n) is 13.7. The number of carbonyl (C=O) groups is 1. The topological polar surface area (TPSA) is 63.5 Å². The van der Waals surface area contributed by atoms with Crippen molar-refractivity contribution in [1.82, 2.24) is 9.88 Å². The number of aliphatic hydroxyl groups excluding tert-OH is 1. The fourth-order valence-corrected chi connectivity index (χ4v) is 2.78. The van der Waals surface area contributed by atoms with Crippen LogP contribution in [0.3, 0.4) is 0 Å². The summed E-state index contributed by atoms with van der Waals surface area (Å²) in [4.78, 5) is 12.2. The largest absolute Gasteiger partial charge is 0.497 e. The van der Waals surface area contributed by atoms with E-state index in [4.69, 9.17) is 4.74 Å². The molecule has 3 aromatic rings. The van der Waals surface area contributed by atoms with E-state index in [2.05, 4.69) is 5.32 Å². The van der Waals surface area contributed by atoms with Gasteiger partial charge in [0.1, 0.15) is 5.75 Å². The molecule has 5 nitrogen and oxygen atoms in total. The highest BCUT2D eigenvalue weighted by Crippen LogP contribution is 2.25. The number of ether oxygens (including phenoxy) is 1. The van der Waals surface area contributed by atoms with Crippen LogP contribution < -0.4 is 10.1 Å². The monoisotopic (exact) mass is 324 g/mol. The molecule has 0 aliphatic heterocycles. The van der Waals surface area contributed by atoms with Crippen LogP contribution in [0.2, 0.25) is 0 Å². The number of methoxy groups -OCH3 is 1. The molecule has 0 saturated heterocycles. The molecule has 2 N–H and O–H groups in total. The first-order valence-corrected chi connectivity index (χ1v) is 7.74. The van der Waals surface area contributed by atoms with Gasteiger partial charge in [-0.1, -0.05) is 18.2 Å². The van der Waals surface area contributed by atoms with Crippen molar-refractivity contribution in [1.29, 1.82) is 0 Å². The minimum Gasteiger partial charge on any atom is -0.497 e. The van der Waals surface area contributed by atoms with Crippen LogP contribution >= 0.6 is 0 Å². The Morgan fingerprint density at radius 2 is 1.92 bits per heavy atom. The Balaban J connectivity index is 1.70. The quantitative estimate of drug-likeness (QED) is 0.758. The Bertz CT molecular complexity index is 853. The SMILES string of the molecule is COc1ccc(C(=O)NCC(O)c2cn(C)c3ccccc23)cc1. The second-order valence-corrected chi connectivity index (χ2v) is 5.67. The van der Waals surface area contributed by atoms with Crippen LogP contribution in [0, 0.1) is 0 Å². The number of hydrogen-bond donors (Lipinski definition) is 2. The van der Waals surface area contributed by atoms with Gasteiger partial charge in [-0.25, -0.2) is 0 Å². The predicted molar refractivity (Wildman–Crippen MR) is 93.2 cm³/mol. The van der Waals surface area contributed by atoms with E-state index in [0.29, 0.717) is 11.3 Å². The molecule has 24 heavy (non-hydrogen) atoms. The van der Waals surface area contributed by atoms with Crippen molar-refractivity contribution in [2.45, 2.75) is 6.10 Å². The second kappa shape index (κ2) is 6.76. The molecular formula is C19H20N2O3. The lowest BCUT2D eigenvalue weighted by atomic mass is 10.1. The average Bonchev–Trinajstić information content (AvgIpc) is 2.97. The number of nitrogens with zero attached hydrogens (tertiary/aromatic N) is 1. The Morgan fingerprint density at radius 3 is 2.62 bits per heavy atom. The standard InChI is InChI=1S/C19H20N2O3/c1-21-12-16(15-5-3-4-6-17(15)21)18(22)11-20-19(23)13-7-9-14(24-2)10-8-13/h3-10,12,18,22H,11H2,1-2H3,(H,20,23). The first kappa shape index (κ1) is 16.1. The summed E-state index contributed by atoms with van der Waals surface area (Å²) in [6.45, 7) is 0.152. The summed E-state index contributed by atoms with van der Waals surface area (Å²) in [5, 5.41) is 14.2. The molecule has 1 atom stereocenters. The molecule has 124 valence electrons. The third kappa shape index (κ3) is 3.12. The Labute approximate surface area is 140 Å². The van der Waals surface area contributed by atoms with Crippen LogP contribution in [0.4, 0.5) is 0 Å². The smallest absolute Gasteiger partial charge is 0.251 e. The number of aliphatic hydroxyl groups is 1. The van der Waals surface area contributed by atoms with Gasteiger partial charge in [0.2, 0.25) is 0 Å². The van der Waals surface area contributed by atoms with Crippen molar-refractivity contribution in [2.75, 3.05) is 13.7 Å². The number of hydrogen-bond acceptors (Lipinski definition) is 3. The summed E-state index contributed by atoms with van der Waals surface area (Å²) < 4.78 is 7.05. The lowest BCUT2D eigenvalue weighted by Gasteiger charge is -2.11. The highest BCUT2D eigenvalue weighted by molar-refractivity contribution is 5.94. The van der Waals surface area contributed by atoms with E-state index in [9.17, 15) is 9.90 Å². The second-order valence-electron chi connectivity index (χ2n) is 5.67. The third-order valence-electron chi connectivity index (χ3n) is 4.09. The van der Waals surface area contributed by atoms with E-state index < -0.39 is 6.10 Å². The van der Waals surface area contributed by atoms with Gasteiger partial charge in [-0.2, -0.15) is 0 Å². The number of para-hydroxylation sites is 1. The zero-order valence-corrected chi connectivity index (χ0v) is 13.7. The molecule has 0 bridgehead atoms. The van der Waals surface area contributed by atoms with Gasteiger partial charge in [-0.05, 0) is 30.3 Å². The van der Waals surface area contributed by atoms with Crippen LogP contribution in [0.5, 0.6) is 5.75 Å². The number of carbonyl (C=O) groups excluding carboxylic acids is 1. The highest BCUT2D eigenvalue weighted by atomic mass is 16.5. The molecule has 1 unspecified atom stereocenters. The van der Waals surface area contributed by atoms with Crippen molar-refractivity contribution < 1.29 is 14.6 Å². The number of nitrogens with one attached hydrogen (secondary N) is 1.